The fourth-order valence-electron chi connectivity index (χ4n) is 2.99. The van der Waals surface area contributed by atoms with Crippen LogP contribution in [0, 0.1) is 17.3 Å². The average Bonchev–Trinajstić information content (AvgIpc) is 2.62. The molecule has 1 atom stereocenters. The van der Waals surface area contributed by atoms with E-state index in [-0.39, 0.29) is 5.54 Å². The van der Waals surface area contributed by atoms with Gasteiger partial charge in [0.05, 0.1) is 0 Å². The first-order chi connectivity index (χ1) is 6.70. The Morgan fingerprint density at radius 1 is 1.20 bits per heavy atom. The van der Waals surface area contributed by atoms with Gasteiger partial charge in [0.1, 0.15) is 0 Å². The average molecular weight is 211 g/mol. The van der Waals surface area contributed by atoms with Crippen molar-refractivity contribution in [3.8, 4) is 0 Å². The van der Waals surface area contributed by atoms with E-state index in [1.807, 2.05) is 0 Å². The third-order valence-electron chi connectivity index (χ3n) is 3.09. The molecule has 0 amide bonds. The van der Waals surface area contributed by atoms with Gasteiger partial charge in [0.2, 0.25) is 0 Å². The Labute approximate surface area is 95.8 Å². The molecule has 0 aromatic carbocycles. The molecule has 15 heavy (non-hydrogen) atoms. The third kappa shape index (κ3) is 5.55. The molecule has 1 aliphatic carbocycles. The van der Waals surface area contributed by atoms with Gasteiger partial charge in [-0.2, -0.15) is 0 Å². The molecule has 1 fully saturated rings. The maximum Gasteiger partial charge on any atom is 0.0164 e. The van der Waals surface area contributed by atoms with Gasteiger partial charge in [-0.1, -0.05) is 47.5 Å². The van der Waals surface area contributed by atoms with Crippen molar-refractivity contribution >= 4 is 0 Å². The molecule has 90 valence electrons. The van der Waals surface area contributed by atoms with Crippen LogP contribution in [-0.4, -0.2) is 5.54 Å². The molecule has 0 aliphatic heterocycles. The molecule has 1 unspecified atom stereocenters. The summed E-state index contributed by atoms with van der Waals surface area (Å²) in [5.74, 6) is 1.66. The van der Waals surface area contributed by atoms with Crippen LogP contribution in [0.25, 0.3) is 0 Å². The second kappa shape index (κ2) is 4.45. The first kappa shape index (κ1) is 13.0. The molecule has 1 rings (SSSR count). The molecule has 0 bridgehead atoms. The minimum atomic E-state index is 0.0909. The molecular weight excluding hydrogens is 182 g/mol. The zero-order valence-electron chi connectivity index (χ0n) is 11.3. The number of hydrogen-bond acceptors (Lipinski definition) is 1. The molecule has 2 N–H and O–H groups in total. The summed E-state index contributed by atoms with van der Waals surface area (Å²) in [6.07, 6.45) is 6.43. The van der Waals surface area contributed by atoms with Crippen LogP contribution < -0.4 is 5.73 Å². The Balaban J connectivity index is 2.56. The summed E-state index contributed by atoms with van der Waals surface area (Å²) in [6, 6.07) is 0. The number of nitrogens with two attached hydrogens (primary N) is 1. The minimum Gasteiger partial charge on any atom is -0.325 e. The summed E-state index contributed by atoms with van der Waals surface area (Å²) < 4.78 is 0. The van der Waals surface area contributed by atoms with E-state index >= 15 is 0 Å². The summed E-state index contributed by atoms with van der Waals surface area (Å²) >= 11 is 0. The van der Waals surface area contributed by atoms with Crippen molar-refractivity contribution in [3.05, 3.63) is 0 Å². The molecule has 0 heterocycles. The lowest BCUT2D eigenvalue weighted by Gasteiger charge is -2.37. The van der Waals surface area contributed by atoms with Crippen LogP contribution in [0.15, 0.2) is 0 Å². The van der Waals surface area contributed by atoms with Crippen LogP contribution in [0.5, 0.6) is 0 Å². The first-order valence-electron chi connectivity index (χ1n) is 6.49. The van der Waals surface area contributed by atoms with Crippen LogP contribution in [0.2, 0.25) is 0 Å². The van der Waals surface area contributed by atoms with Crippen molar-refractivity contribution < 1.29 is 0 Å². The highest BCUT2D eigenvalue weighted by Crippen LogP contribution is 2.42. The number of hydrogen-bond donors (Lipinski definition) is 1. The van der Waals surface area contributed by atoms with Gasteiger partial charge >= 0.3 is 0 Å². The lowest BCUT2D eigenvalue weighted by Crippen LogP contribution is -2.44. The van der Waals surface area contributed by atoms with Crippen molar-refractivity contribution in [1.29, 1.82) is 0 Å². The molecule has 0 aromatic rings. The second-order valence-corrected chi connectivity index (χ2v) is 7.35. The third-order valence-corrected chi connectivity index (χ3v) is 3.09. The lowest BCUT2D eigenvalue weighted by atomic mass is 9.73. The van der Waals surface area contributed by atoms with Gasteiger partial charge < -0.3 is 5.73 Å². The van der Waals surface area contributed by atoms with Gasteiger partial charge in [-0.3, -0.25) is 0 Å². The maximum atomic E-state index is 6.63. The Kier molecular flexibility index (Phi) is 3.86. The van der Waals surface area contributed by atoms with Gasteiger partial charge in [0.15, 0.2) is 0 Å². The quantitative estimate of drug-likeness (QED) is 0.731. The van der Waals surface area contributed by atoms with Crippen molar-refractivity contribution in [2.75, 3.05) is 0 Å². The predicted octanol–water partition coefficient (Wildman–Crippen LogP) is 3.97. The monoisotopic (exact) mass is 211 g/mol. The van der Waals surface area contributed by atoms with Gasteiger partial charge in [0.25, 0.3) is 0 Å². The van der Waals surface area contributed by atoms with Gasteiger partial charge in [-0.05, 0) is 36.5 Å². The molecule has 0 saturated heterocycles. The van der Waals surface area contributed by atoms with Crippen LogP contribution in [0.4, 0.5) is 0 Å². The Bertz CT molecular complexity index is 192. The van der Waals surface area contributed by atoms with Crippen molar-refractivity contribution in [1.82, 2.24) is 0 Å². The lowest BCUT2D eigenvalue weighted by molar-refractivity contribution is 0.203. The predicted molar refractivity (Wildman–Crippen MR) is 67.8 cm³/mol. The summed E-state index contributed by atoms with van der Waals surface area (Å²) in [4.78, 5) is 0. The first-order valence-corrected chi connectivity index (χ1v) is 6.49. The Hall–Kier alpha value is -0.0400. The summed E-state index contributed by atoms with van der Waals surface area (Å²) in [5, 5.41) is 0. The maximum absolute atomic E-state index is 6.63. The highest BCUT2D eigenvalue weighted by atomic mass is 14.8. The van der Waals surface area contributed by atoms with E-state index in [1.165, 1.54) is 25.7 Å². The molecule has 0 aromatic heterocycles. The smallest absolute Gasteiger partial charge is 0.0164 e. The van der Waals surface area contributed by atoms with Gasteiger partial charge in [-0.15, -0.1) is 0 Å². The van der Waals surface area contributed by atoms with E-state index in [0.29, 0.717) is 5.41 Å². The Morgan fingerprint density at radius 2 is 1.73 bits per heavy atom. The SMILES string of the molecule is CC(C)CC(N)(CC1CC1)CC(C)(C)C. The number of rotatable bonds is 5. The van der Waals surface area contributed by atoms with Crippen molar-refractivity contribution in [2.24, 2.45) is 23.0 Å². The van der Waals surface area contributed by atoms with E-state index in [0.717, 1.165) is 18.3 Å². The summed E-state index contributed by atoms with van der Waals surface area (Å²) in [5.41, 5.74) is 7.08. The van der Waals surface area contributed by atoms with Crippen LogP contribution in [0.1, 0.15) is 66.7 Å². The highest BCUT2D eigenvalue weighted by molar-refractivity contribution is 4.94. The molecule has 0 radical (unpaired) electrons. The molecule has 0 spiro atoms. The van der Waals surface area contributed by atoms with Gasteiger partial charge in [0, 0.05) is 5.54 Å². The van der Waals surface area contributed by atoms with Crippen molar-refractivity contribution in [2.45, 2.75) is 72.3 Å². The van der Waals surface area contributed by atoms with E-state index in [2.05, 4.69) is 34.6 Å². The van der Waals surface area contributed by atoms with E-state index in [4.69, 9.17) is 5.73 Å². The molecule has 1 nitrogen and oxygen atoms in total. The Morgan fingerprint density at radius 3 is 2.07 bits per heavy atom. The highest BCUT2D eigenvalue weighted by Gasteiger charge is 2.36. The zero-order chi connectivity index (χ0) is 11.7. The zero-order valence-corrected chi connectivity index (χ0v) is 11.3. The minimum absolute atomic E-state index is 0.0909. The van der Waals surface area contributed by atoms with Crippen LogP contribution >= 0.6 is 0 Å². The molecular formula is C14H29N. The van der Waals surface area contributed by atoms with E-state index in [1.54, 1.807) is 0 Å². The molecule has 1 heteroatoms. The summed E-state index contributed by atoms with van der Waals surface area (Å²) in [7, 11) is 0. The topological polar surface area (TPSA) is 26.0 Å². The normalized spacial score (nSPS) is 21.8. The van der Waals surface area contributed by atoms with Crippen LogP contribution in [0.3, 0.4) is 0 Å². The summed E-state index contributed by atoms with van der Waals surface area (Å²) in [6.45, 7) is 11.5. The van der Waals surface area contributed by atoms with Crippen LogP contribution in [-0.2, 0) is 0 Å². The molecule has 1 saturated carbocycles. The van der Waals surface area contributed by atoms with Gasteiger partial charge in [-0.25, -0.2) is 0 Å². The fourth-order valence-corrected chi connectivity index (χ4v) is 2.99. The molecule has 1 aliphatic rings. The largest absolute Gasteiger partial charge is 0.325 e. The van der Waals surface area contributed by atoms with E-state index in [9.17, 15) is 0 Å². The van der Waals surface area contributed by atoms with Crippen molar-refractivity contribution in [3.63, 3.8) is 0 Å². The second-order valence-electron chi connectivity index (χ2n) is 7.35. The van der Waals surface area contributed by atoms with E-state index < -0.39 is 0 Å². The fraction of sp³-hybridized carbons (Fsp3) is 1.00. The standard InChI is InChI=1S/C14H29N/c1-11(2)8-14(15,9-12-6-7-12)10-13(3,4)5/h11-12H,6-10,15H2,1-5H3.